The van der Waals surface area contributed by atoms with Crippen LogP contribution in [0.15, 0.2) is 18.2 Å². The molecule has 1 unspecified atom stereocenters. The molecule has 4 heteroatoms. The lowest BCUT2D eigenvalue weighted by Gasteiger charge is -2.35. The fourth-order valence-electron chi connectivity index (χ4n) is 3.17. The van der Waals surface area contributed by atoms with Gasteiger partial charge in [-0.05, 0) is 70.1 Å². The molecule has 21 heavy (non-hydrogen) atoms. The molecule has 1 fully saturated rings. The van der Waals surface area contributed by atoms with Gasteiger partial charge < -0.3 is 10.6 Å². The maximum atomic E-state index is 6.26. The molecule has 0 amide bonds. The van der Waals surface area contributed by atoms with Crippen LogP contribution >= 0.6 is 11.6 Å². The summed E-state index contributed by atoms with van der Waals surface area (Å²) in [7, 11) is 4.39. The minimum atomic E-state index is 0.253. The predicted octanol–water partition coefficient (Wildman–Crippen LogP) is 2.92. The summed E-state index contributed by atoms with van der Waals surface area (Å²) < 4.78 is 0. The molecule has 0 bridgehead atoms. The first-order chi connectivity index (χ1) is 10.0. The van der Waals surface area contributed by atoms with Crippen molar-refractivity contribution in [3.8, 4) is 0 Å². The van der Waals surface area contributed by atoms with E-state index < -0.39 is 0 Å². The zero-order valence-corrected chi connectivity index (χ0v) is 14.2. The van der Waals surface area contributed by atoms with Crippen molar-refractivity contribution < 1.29 is 0 Å². The molecule has 118 valence electrons. The summed E-state index contributed by atoms with van der Waals surface area (Å²) in [6.45, 7) is 6.19. The van der Waals surface area contributed by atoms with E-state index in [1.165, 1.54) is 31.5 Å². The van der Waals surface area contributed by atoms with E-state index in [1.807, 2.05) is 6.92 Å². The van der Waals surface area contributed by atoms with E-state index >= 15 is 0 Å². The smallest absolute Gasteiger partial charge is 0.0468 e. The Kier molecular flexibility index (Phi) is 6.06. The summed E-state index contributed by atoms with van der Waals surface area (Å²) in [6, 6.07) is 6.57. The first-order valence-electron chi connectivity index (χ1n) is 7.86. The third-order valence-electron chi connectivity index (χ3n) is 4.72. The lowest BCUT2D eigenvalue weighted by atomic mass is 9.95. The van der Waals surface area contributed by atoms with Gasteiger partial charge in [0.1, 0.15) is 0 Å². The number of likely N-dealkylation sites (N-methyl/N-ethyl adjacent to an activating group) is 1. The van der Waals surface area contributed by atoms with E-state index in [-0.39, 0.29) is 6.04 Å². The number of hydrogen-bond donors (Lipinski definition) is 1. The molecule has 2 rings (SSSR count). The van der Waals surface area contributed by atoms with Crippen LogP contribution in [-0.4, -0.2) is 50.1 Å². The first kappa shape index (κ1) is 16.8. The van der Waals surface area contributed by atoms with Crippen LogP contribution < -0.4 is 5.73 Å². The Balaban J connectivity index is 2.00. The topological polar surface area (TPSA) is 32.5 Å². The average Bonchev–Trinajstić information content (AvgIpc) is 2.46. The quantitative estimate of drug-likeness (QED) is 0.907. The summed E-state index contributed by atoms with van der Waals surface area (Å²) in [6.07, 6.45) is 2.57. The molecule has 1 aromatic rings. The molecule has 0 saturated carbocycles. The van der Waals surface area contributed by atoms with Crippen molar-refractivity contribution in [2.45, 2.75) is 25.8 Å². The third-order valence-corrected chi connectivity index (χ3v) is 5.13. The minimum Gasteiger partial charge on any atom is -0.329 e. The van der Waals surface area contributed by atoms with E-state index in [9.17, 15) is 0 Å². The van der Waals surface area contributed by atoms with Gasteiger partial charge in [0.2, 0.25) is 0 Å². The van der Waals surface area contributed by atoms with Gasteiger partial charge in [0.05, 0.1) is 0 Å². The van der Waals surface area contributed by atoms with Crippen molar-refractivity contribution in [3.63, 3.8) is 0 Å². The number of aryl methyl sites for hydroxylation is 1. The number of hydrogen-bond acceptors (Lipinski definition) is 3. The third kappa shape index (κ3) is 4.43. The fraction of sp³-hybridized carbons (Fsp3) is 0.647. The number of piperidine rings is 1. The maximum Gasteiger partial charge on any atom is 0.0468 e. The van der Waals surface area contributed by atoms with Gasteiger partial charge in [0.25, 0.3) is 0 Å². The summed E-state index contributed by atoms with van der Waals surface area (Å²) in [5.41, 5.74) is 8.37. The highest BCUT2D eigenvalue weighted by Gasteiger charge is 2.22. The number of nitrogens with zero attached hydrogens (tertiary/aromatic N) is 2. The molecule has 3 nitrogen and oxygen atoms in total. The van der Waals surface area contributed by atoms with Crippen LogP contribution in [0.4, 0.5) is 0 Å². The lowest BCUT2D eigenvalue weighted by Crippen LogP contribution is -2.38. The molecular weight excluding hydrogens is 282 g/mol. The normalized spacial score (nSPS) is 19.1. The van der Waals surface area contributed by atoms with Crippen LogP contribution in [0.1, 0.15) is 30.0 Å². The van der Waals surface area contributed by atoms with Crippen molar-refractivity contribution in [2.75, 3.05) is 40.3 Å². The number of rotatable bonds is 5. The summed E-state index contributed by atoms with van der Waals surface area (Å²) in [5, 5.41) is 0.832. The van der Waals surface area contributed by atoms with Crippen LogP contribution in [0.25, 0.3) is 0 Å². The van der Waals surface area contributed by atoms with Crippen molar-refractivity contribution in [3.05, 3.63) is 34.3 Å². The van der Waals surface area contributed by atoms with Gasteiger partial charge in [-0.15, -0.1) is 0 Å². The van der Waals surface area contributed by atoms with Crippen LogP contribution in [0.2, 0.25) is 5.02 Å². The highest BCUT2D eigenvalue weighted by atomic mass is 35.5. The lowest BCUT2D eigenvalue weighted by molar-refractivity contribution is 0.151. The molecule has 1 saturated heterocycles. The van der Waals surface area contributed by atoms with Crippen molar-refractivity contribution in [1.82, 2.24) is 9.80 Å². The monoisotopic (exact) mass is 309 g/mol. The molecule has 0 radical (unpaired) electrons. The average molecular weight is 310 g/mol. The van der Waals surface area contributed by atoms with Gasteiger partial charge >= 0.3 is 0 Å². The molecule has 2 N–H and O–H groups in total. The van der Waals surface area contributed by atoms with E-state index in [0.29, 0.717) is 6.54 Å². The second kappa shape index (κ2) is 7.59. The number of benzene rings is 1. The van der Waals surface area contributed by atoms with Gasteiger partial charge in [-0.1, -0.05) is 23.7 Å². The second-order valence-corrected chi connectivity index (χ2v) is 6.85. The number of halogens is 1. The summed E-state index contributed by atoms with van der Waals surface area (Å²) in [5.74, 6) is 0.779. The highest BCUT2D eigenvalue weighted by molar-refractivity contribution is 6.31. The SMILES string of the molecule is Cc1ccc(C(CN)N(C)CC2CCN(C)CC2)cc1Cl. The summed E-state index contributed by atoms with van der Waals surface area (Å²) >= 11 is 6.26. The van der Waals surface area contributed by atoms with Crippen LogP contribution in [-0.2, 0) is 0 Å². The Morgan fingerprint density at radius 1 is 1.38 bits per heavy atom. The van der Waals surface area contributed by atoms with Gasteiger partial charge in [0.15, 0.2) is 0 Å². The minimum absolute atomic E-state index is 0.253. The molecule has 1 atom stereocenters. The molecule has 0 aromatic heterocycles. The maximum absolute atomic E-state index is 6.26. The van der Waals surface area contributed by atoms with E-state index in [0.717, 1.165) is 23.0 Å². The van der Waals surface area contributed by atoms with Crippen molar-refractivity contribution >= 4 is 11.6 Å². The Hall–Kier alpha value is -0.610. The Bertz CT molecular complexity index is 455. The summed E-state index contributed by atoms with van der Waals surface area (Å²) in [4.78, 5) is 4.81. The molecule has 1 aliphatic heterocycles. The zero-order chi connectivity index (χ0) is 15.4. The highest BCUT2D eigenvalue weighted by Crippen LogP contribution is 2.26. The largest absolute Gasteiger partial charge is 0.329 e. The van der Waals surface area contributed by atoms with E-state index in [2.05, 4.69) is 42.1 Å². The van der Waals surface area contributed by atoms with Crippen LogP contribution in [0.5, 0.6) is 0 Å². The zero-order valence-electron chi connectivity index (χ0n) is 13.5. The van der Waals surface area contributed by atoms with Gasteiger partial charge in [0, 0.05) is 24.2 Å². The molecule has 1 aliphatic rings. The van der Waals surface area contributed by atoms with Crippen LogP contribution in [0.3, 0.4) is 0 Å². The molecule has 0 spiro atoms. The van der Waals surface area contributed by atoms with Gasteiger partial charge in [-0.2, -0.15) is 0 Å². The Morgan fingerprint density at radius 2 is 2.05 bits per heavy atom. The predicted molar refractivity (Wildman–Crippen MR) is 90.8 cm³/mol. The van der Waals surface area contributed by atoms with Gasteiger partial charge in [-0.3, -0.25) is 4.90 Å². The van der Waals surface area contributed by atoms with Crippen molar-refractivity contribution in [2.24, 2.45) is 11.7 Å². The Labute approximate surface area is 134 Å². The molecule has 0 aliphatic carbocycles. The number of nitrogens with two attached hydrogens (primary N) is 1. The number of likely N-dealkylation sites (tertiary alicyclic amines) is 1. The standard InChI is InChI=1S/C17H28ClN3/c1-13-4-5-15(10-16(13)18)17(11-19)21(3)12-14-6-8-20(2)9-7-14/h4-5,10,14,17H,6-9,11-12,19H2,1-3H3. The Morgan fingerprint density at radius 3 is 2.62 bits per heavy atom. The molecular formula is C17H28ClN3. The van der Waals surface area contributed by atoms with E-state index in [1.54, 1.807) is 0 Å². The first-order valence-corrected chi connectivity index (χ1v) is 8.24. The van der Waals surface area contributed by atoms with E-state index in [4.69, 9.17) is 17.3 Å². The van der Waals surface area contributed by atoms with Crippen LogP contribution in [0, 0.1) is 12.8 Å². The molecule has 1 aromatic carbocycles. The fourth-order valence-corrected chi connectivity index (χ4v) is 3.36. The second-order valence-electron chi connectivity index (χ2n) is 6.45. The van der Waals surface area contributed by atoms with Gasteiger partial charge in [-0.25, -0.2) is 0 Å². The van der Waals surface area contributed by atoms with Crippen molar-refractivity contribution in [1.29, 1.82) is 0 Å². The molecule has 1 heterocycles.